The molecule has 2 unspecified atom stereocenters. The third-order valence-electron chi connectivity index (χ3n) is 3.22. The molecular weight excluding hydrogens is 276 g/mol. The molecule has 6 heteroatoms. The highest BCUT2D eigenvalue weighted by Crippen LogP contribution is 2.29. The van der Waals surface area contributed by atoms with E-state index in [0.717, 1.165) is 11.1 Å². The summed E-state index contributed by atoms with van der Waals surface area (Å²) in [7, 11) is 0. The lowest BCUT2D eigenvalue weighted by Crippen LogP contribution is -2.46. The number of thioether (sulfide) groups is 1. The van der Waals surface area contributed by atoms with E-state index >= 15 is 0 Å². The molecule has 1 aliphatic rings. The van der Waals surface area contributed by atoms with E-state index in [2.05, 4.69) is 5.32 Å². The van der Waals surface area contributed by atoms with E-state index in [-0.39, 0.29) is 11.4 Å². The summed E-state index contributed by atoms with van der Waals surface area (Å²) in [5.74, 6) is -0.533. The lowest BCUT2D eigenvalue weighted by molar-refractivity contribution is -0.141. The minimum Gasteiger partial charge on any atom is -0.480 e. The van der Waals surface area contributed by atoms with Crippen LogP contribution in [0, 0.1) is 13.8 Å². The topological polar surface area (TPSA) is 69.6 Å². The summed E-state index contributed by atoms with van der Waals surface area (Å²) in [5.41, 5.74) is 2.80. The Morgan fingerprint density at radius 2 is 1.90 bits per heavy atom. The number of carboxylic acid groups (broad SMARTS) is 1. The monoisotopic (exact) mass is 294 g/mol. The smallest absolute Gasteiger partial charge is 0.327 e. The molecule has 2 N–H and O–H groups in total. The van der Waals surface area contributed by atoms with Crippen molar-refractivity contribution in [1.82, 2.24) is 4.90 Å². The van der Waals surface area contributed by atoms with Crippen LogP contribution in [0.1, 0.15) is 18.1 Å². The average Bonchev–Trinajstić information content (AvgIpc) is 2.69. The molecule has 5 nitrogen and oxygen atoms in total. The van der Waals surface area contributed by atoms with Gasteiger partial charge in [-0.2, -0.15) is 0 Å². The Balaban J connectivity index is 2.16. The van der Waals surface area contributed by atoms with Crippen LogP contribution in [-0.4, -0.2) is 39.2 Å². The van der Waals surface area contributed by atoms with E-state index in [0.29, 0.717) is 11.4 Å². The fourth-order valence-electron chi connectivity index (χ4n) is 2.38. The molecule has 108 valence electrons. The maximum atomic E-state index is 12.3. The number of amides is 2. The molecule has 0 radical (unpaired) electrons. The number of aliphatic carboxylic acids is 1. The molecule has 1 heterocycles. The van der Waals surface area contributed by atoms with E-state index < -0.39 is 12.0 Å². The molecule has 2 atom stereocenters. The summed E-state index contributed by atoms with van der Waals surface area (Å²) in [6, 6.07) is 4.63. The molecule has 2 rings (SSSR count). The van der Waals surface area contributed by atoms with Gasteiger partial charge in [-0.25, -0.2) is 9.59 Å². The van der Waals surface area contributed by atoms with Crippen LogP contribution in [0.5, 0.6) is 0 Å². The van der Waals surface area contributed by atoms with Crippen molar-refractivity contribution >= 4 is 29.4 Å². The standard InChI is InChI=1S/C14H18N2O3S/c1-8-4-9(2)6-11(5-8)15-14(19)16-10(3)20-7-12(16)13(17)18/h4-6,10,12H,7H2,1-3H3,(H,15,19)(H,17,18). The predicted octanol–water partition coefficient (Wildman–Crippen LogP) is 2.68. The van der Waals surface area contributed by atoms with Crippen LogP contribution in [0.2, 0.25) is 0 Å². The zero-order valence-electron chi connectivity index (χ0n) is 11.7. The number of aryl methyl sites for hydroxylation is 2. The normalized spacial score (nSPS) is 21.9. The maximum absolute atomic E-state index is 12.3. The van der Waals surface area contributed by atoms with Gasteiger partial charge in [-0.3, -0.25) is 4.90 Å². The van der Waals surface area contributed by atoms with Crippen molar-refractivity contribution < 1.29 is 14.7 Å². The van der Waals surface area contributed by atoms with Gasteiger partial charge in [0.1, 0.15) is 6.04 Å². The molecule has 1 aromatic rings. The first-order valence-electron chi connectivity index (χ1n) is 6.40. The fraction of sp³-hybridized carbons (Fsp3) is 0.429. The van der Waals surface area contributed by atoms with Crippen LogP contribution in [0.15, 0.2) is 18.2 Å². The predicted molar refractivity (Wildman–Crippen MR) is 80.1 cm³/mol. The quantitative estimate of drug-likeness (QED) is 0.880. The highest BCUT2D eigenvalue weighted by atomic mass is 32.2. The summed E-state index contributed by atoms with van der Waals surface area (Å²) in [6.07, 6.45) is 0. The van der Waals surface area contributed by atoms with Gasteiger partial charge in [-0.05, 0) is 44.0 Å². The Morgan fingerprint density at radius 1 is 1.30 bits per heavy atom. The zero-order valence-corrected chi connectivity index (χ0v) is 12.5. The first-order valence-corrected chi connectivity index (χ1v) is 7.45. The Hall–Kier alpha value is -1.69. The third kappa shape index (κ3) is 3.07. The first-order chi connectivity index (χ1) is 9.38. The van der Waals surface area contributed by atoms with Gasteiger partial charge in [0.25, 0.3) is 0 Å². The number of nitrogens with one attached hydrogen (secondary N) is 1. The second kappa shape index (κ2) is 5.75. The third-order valence-corrected chi connectivity index (χ3v) is 4.43. The molecule has 1 aliphatic heterocycles. The second-order valence-corrected chi connectivity index (χ2v) is 6.35. The molecule has 1 fully saturated rings. The SMILES string of the molecule is Cc1cc(C)cc(NC(=O)N2C(C)SCC2C(=O)O)c1. The number of benzene rings is 1. The minimum absolute atomic E-state index is 0.137. The van der Waals surface area contributed by atoms with Gasteiger partial charge < -0.3 is 10.4 Å². The lowest BCUT2D eigenvalue weighted by atomic mass is 10.1. The molecule has 0 aromatic heterocycles. The molecule has 0 spiro atoms. The Labute approximate surface area is 122 Å². The summed E-state index contributed by atoms with van der Waals surface area (Å²) < 4.78 is 0. The van der Waals surface area contributed by atoms with Gasteiger partial charge in [-0.15, -0.1) is 11.8 Å². The molecule has 1 aromatic carbocycles. The van der Waals surface area contributed by atoms with Crippen molar-refractivity contribution in [2.45, 2.75) is 32.2 Å². The number of carboxylic acids is 1. The minimum atomic E-state index is -0.961. The lowest BCUT2D eigenvalue weighted by Gasteiger charge is -2.25. The van der Waals surface area contributed by atoms with Crippen molar-refractivity contribution in [2.75, 3.05) is 11.1 Å². The fourth-order valence-corrected chi connectivity index (χ4v) is 3.54. The molecule has 0 bridgehead atoms. The van der Waals surface area contributed by atoms with Crippen molar-refractivity contribution in [3.8, 4) is 0 Å². The van der Waals surface area contributed by atoms with Crippen molar-refractivity contribution in [2.24, 2.45) is 0 Å². The zero-order chi connectivity index (χ0) is 14.9. The van der Waals surface area contributed by atoms with Gasteiger partial charge >= 0.3 is 12.0 Å². The van der Waals surface area contributed by atoms with Crippen LogP contribution in [0.4, 0.5) is 10.5 Å². The van der Waals surface area contributed by atoms with Gasteiger partial charge in [0.05, 0.1) is 5.37 Å². The number of hydrogen-bond donors (Lipinski definition) is 2. The molecule has 20 heavy (non-hydrogen) atoms. The average molecular weight is 294 g/mol. The van der Waals surface area contributed by atoms with Crippen molar-refractivity contribution in [3.05, 3.63) is 29.3 Å². The van der Waals surface area contributed by atoms with E-state index in [9.17, 15) is 9.59 Å². The molecule has 1 saturated heterocycles. The van der Waals surface area contributed by atoms with E-state index in [1.54, 1.807) is 0 Å². The van der Waals surface area contributed by atoms with Crippen LogP contribution in [-0.2, 0) is 4.79 Å². The van der Waals surface area contributed by atoms with E-state index in [1.165, 1.54) is 16.7 Å². The summed E-state index contributed by atoms with van der Waals surface area (Å²) in [6.45, 7) is 5.75. The van der Waals surface area contributed by atoms with Gasteiger partial charge in [0.15, 0.2) is 0 Å². The van der Waals surface area contributed by atoms with Gasteiger partial charge in [0, 0.05) is 11.4 Å². The number of anilines is 1. The summed E-state index contributed by atoms with van der Waals surface area (Å²) >= 11 is 1.47. The highest BCUT2D eigenvalue weighted by molar-refractivity contribution is 8.00. The number of carbonyl (C=O) groups excluding carboxylic acids is 1. The van der Waals surface area contributed by atoms with Crippen molar-refractivity contribution in [1.29, 1.82) is 0 Å². The van der Waals surface area contributed by atoms with E-state index in [4.69, 9.17) is 5.11 Å². The second-order valence-electron chi connectivity index (χ2n) is 5.00. The number of carbonyl (C=O) groups is 2. The number of urea groups is 1. The van der Waals surface area contributed by atoms with Gasteiger partial charge in [-0.1, -0.05) is 6.07 Å². The molecule has 2 amide bonds. The van der Waals surface area contributed by atoms with Crippen molar-refractivity contribution in [3.63, 3.8) is 0 Å². The largest absolute Gasteiger partial charge is 0.480 e. The maximum Gasteiger partial charge on any atom is 0.327 e. The first kappa shape index (κ1) is 14.7. The summed E-state index contributed by atoms with van der Waals surface area (Å²) in [5, 5.41) is 11.8. The van der Waals surface area contributed by atoms with Crippen LogP contribution in [0.25, 0.3) is 0 Å². The number of hydrogen-bond acceptors (Lipinski definition) is 3. The Bertz CT molecular complexity index is 527. The van der Waals surface area contributed by atoms with Crippen LogP contribution in [0.3, 0.4) is 0 Å². The Kier molecular flexibility index (Phi) is 4.23. The van der Waals surface area contributed by atoms with E-state index in [1.807, 2.05) is 39.0 Å². The Morgan fingerprint density at radius 3 is 2.45 bits per heavy atom. The van der Waals surface area contributed by atoms with Crippen LogP contribution >= 0.6 is 11.8 Å². The number of rotatable bonds is 2. The highest BCUT2D eigenvalue weighted by Gasteiger charge is 2.39. The van der Waals surface area contributed by atoms with Crippen LogP contribution < -0.4 is 5.32 Å². The molecule has 0 aliphatic carbocycles. The molecular formula is C14H18N2O3S. The number of nitrogens with zero attached hydrogens (tertiary/aromatic N) is 1. The van der Waals surface area contributed by atoms with Gasteiger partial charge in [0.2, 0.25) is 0 Å². The molecule has 0 saturated carbocycles. The summed E-state index contributed by atoms with van der Waals surface area (Å²) in [4.78, 5) is 24.9.